The summed E-state index contributed by atoms with van der Waals surface area (Å²) >= 11 is 7.28. The van der Waals surface area contributed by atoms with Gasteiger partial charge in [0.15, 0.2) is 0 Å². The Hall–Kier alpha value is -3.37. The van der Waals surface area contributed by atoms with Crippen molar-refractivity contribution in [3.63, 3.8) is 0 Å². The summed E-state index contributed by atoms with van der Waals surface area (Å²) in [5, 5.41) is 5.44. The number of rotatable bonds is 4. The Balaban J connectivity index is 1.60. The number of carbonyl (C=O) groups excluding carboxylic acids is 1. The number of amides is 1. The monoisotopic (exact) mass is 526 g/mol. The lowest BCUT2D eigenvalue weighted by molar-refractivity contribution is -0.143. The van der Waals surface area contributed by atoms with E-state index in [1.165, 1.54) is 23.5 Å². The number of thiazole rings is 1. The van der Waals surface area contributed by atoms with E-state index >= 15 is 0 Å². The van der Waals surface area contributed by atoms with E-state index in [0.29, 0.717) is 28.4 Å². The summed E-state index contributed by atoms with van der Waals surface area (Å²) in [4.78, 5) is 17.1. The molecule has 4 aromatic rings. The smallest absolute Gasteiger partial charge is 0.322 e. The fraction of sp³-hybridized carbons (Fsp3) is 0.0833. The molecule has 0 saturated carbocycles. The number of nitrogens with zero attached hydrogens (tertiary/aromatic N) is 1. The molecule has 1 heterocycles. The van der Waals surface area contributed by atoms with Crippen LogP contribution in [0.3, 0.4) is 0 Å². The first-order valence-electron chi connectivity index (χ1n) is 9.83. The van der Waals surface area contributed by atoms with Gasteiger partial charge in [0.05, 0.1) is 16.8 Å². The molecule has 11 heteroatoms. The van der Waals surface area contributed by atoms with E-state index in [2.05, 4.69) is 10.3 Å². The van der Waals surface area contributed by atoms with Gasteiger partial charge in [-0.15, -0.1) is 11.3 Å². The maximum absolute atomic E-state index is 13.1. The zero-order valence-electron chi connectivity index (χ0n) is 17.3. The van der Waals surface area contributed by atoms with E-state index in [-0.39, 0.29) is 11.8 Å². The van der Waals surface area contributed by atoms with Gasteiger partial charge in [-0.3, -0.25) is 4.79 Å². The Morgan fingerprint density at radius 1 is 0.829 bits per heavy atom. The predicted octanol–water partition coefficient (Wildman–Crippen LogP) is 8.42. The third kappa shape index (κ3) is 5.83. The molecule has 0 bridgehead atoms. The standard InChI is InChI=1S/C24H13ClF6N2OS/c25-18-6-4-13(5-7-18)22-33-20(12-35-22)14-2-1-3-19(10-14)32-21(34)15-8-16(23(26,27)28)11-17(9-15)24(29,30)31/h1-12H,(H,32,34). The Kier molecular flexibility index (Phi) is 6.61. The van der Waals surface area contributed by atoms with Crippen molar-refractivity contribution < 1.29 is 31.1 Å². The summed E-state index contributed by atoms with van der Waals surface area (Å²) < 4.78 is 78.6. The molecule has 3 nitrogen and oxygen atoms in total. The van der Waals surface area contributed by atoms with Crippen molar-refractivity contribution in [2.24, 2.45) is 0 Å². The van der Waals surface area contributed by atoms with Gasteiger partial charge in [0.2, 0.25) is 0 Å². The van der Waals surface area contributed by atoms with Gasteiger partial charge in [0.25, 0.3) is 5.91 Å². The van der Waals surface area contributed by atoms with Crippen molar-refractivity contribution in [3.8, 4) is 21.8 Å². The van der Waals surface area contributed by atoms with Gasteiger partial charge >= 0.3 is 12.4 Å². The third-order valence-corrected chi connectivity index (χ3v) is 6.00. The van der Waals surface area contributed by atoms with Crippen LogP contribution >= 0.6 is 22.9 Å². The van der Waals surface area contributed by atoms with Crippen LogP contribution < -0.4 is 5.32 Å². The molecular formula is C24H13ClF6N2OS. The van der Waals surface area contributed by atoms with Crippen LogP contribution in [0.5, 0.6) is 0 Å². The number of hydrogen-bond acceptors (Lipinski definition) is 3. The molecule has 35 heavy (non-hydrogen) atoms. The Labute approximate surface area is 204 Å². The van der Waals surface area contributed by atoms with Crippen LogP contribution in [0.2, 0.25) is 5.02 Å². The van der Waals surface area contributed by atoms with Crippen LogP contribution in [0.15, 0.2) is 72.1 Å². The first-order valence-corrected chi connectivity index (χ1v) is 11.1. The van der Waals surface area contributed by atoms with E-state index in [1.54, 1.807) is 29.6 Å². The predicted molar refractivity (Wildman–Crippen MR) is 122 cm³/mol. The lowest BCUT2D eigenvalue weighted by atomic mass is 10.0. The molecule has 0 spiro atoms. The number of benzene rings is 3. The number of hydrogen-bond donors (Lipinski definition) is 1. The third-order valence-electron chi connectivity index (χ3n) is 4.86. The highest BCUT2D eigenvalue weighted by Crippen LogP contribution is 2.37. The molecule has 0 unspecified atom stereocenters. The maximum atomic E-state index is 13.1. The summed E-state index contributed by atoms with van der Waals surface area (Å²) in [6.45, 7) is 0. The van der Waals surface area contributed by atoms with Crippen LogP contribution in [-0.2, 0) is 12.4 Å². The zero-order valence-corrected chi connectivity index (χ0v) is 18.9. The minimum Gasteiger partial charge on any atom is -0.322 e. The van der Waals surface area contributed by atoms with Crippen molar-refractivity contribution in [2.75, 3.05) is 5.32 Å². The fourth-order valence-corrected chi connectivity index (χ4v) is 4.14. The van der Waals surface area contributed by atoms with E-state index in [1.807, 2.05) is 12.1 Å². The molecular weight excluding hydrogens is 514 g/mol. The highest BCUT2D eigenvalue weighted by atomic mass is 35.5. The van der Waals surface area contributed by atoms with Gasteiger partial charge < -0.3 is 5.32 Å². The number of alkyl halides is 6. The average molecular weight is 527 g/mol. The highest BCUT2D eigenvalue weighted by Gasteiger charge is 2.37. The summed E-state index contributed by atoms with van der Waals surface area (Å²) in [6.07, 6.45) is -10.1. The molecule has 0 radical (unpaired) electrons. The van der Waals surface area contributed by atoms with Gasteiger partial charge in [-0.05, 0) is 42.5 Å². The van der Waals surface area contributed by atoms with Crippen LogP contribution in [0.25, 0.3) is 21.8 Å². The minimum absolute atomic E-state index is 0.0298. The average Bonchev–Trinajstić information content (AvgIpc) is 3.29. The Morgan fingerprint density at radius 2 is 1.46 bits per heavy atom. The molecule has 0 saturated heterocycles. The summed E-state index contributed by atoms with van der Waals surface area (Å²) in [5.41, 5.74) is -1.70. The van der Waals surface area contributed by atoms with Gasteiger partial charge in [-0.1, -0.05) is 35.9 Å². The molecule has 1 N–H and O–H groups in total. The van der Waals surface area contributed by atoms with Crippen molar-refractivity contribution in [1.82, 2.24) is 4.98 Å². The second-order valence-corrected chi connectivity index (χ2v) is 8.67. The molecule has 1 aromatic heterocycles. The molecule has 0 aliphatic carbocycles. The number of nitrogens with one attached hydrogen (secondary N) is 1. The molecule has 0 atom stereocenters. The van der Waals surface area contributed by atoms with E-state index in [0.717, 1.165) is 10.6 Å². The van der Waals surface area contributed by atoms with E-state index < -0.39 is 35.0 Å². The van der Waals surface area contributed by atoms with Crippen molar-refractivity contribution in [3.05, 3.63) is 93.8 Å². The quantitative estimate of drug-likeness (QED) is 0.271. The first-order chi connectivity index (χ1) is 16.4. The number of carbonyl (C=O) groups is 1. The van der Waals surface area contributed by atoms with Gasteiger partial charge in [0, 0.05) is 32.8 Å². The highest BCUT2D eigenvalue weighted by molar-refractivity contribution is 7.13. The largest absolute Gasteiger partial charge is 0.416 e. The number of aromatic nitrogens is 1. The normalized spacial score (nSPS) is 12.0. The molecule has 0 aliphatic heterocycles. The van der Waals surface area contributed by atoms with E-state index in [9.17, 15) is 31.1 Å². The van der Waals surface area contributed by atoms with Crippen molar-refractivity contribution >= 4 is 34.5 Å². The molecule has 1 amide bonds. The van der Waals surface area contributed by atoms with Crippen molar-refractivity contribution in [1.29, 1.82) is 0 Å². The number of halogens is 7. The lowest BCUT2D eigenvalue weighted by Crippen LogP contribution is -2.17. The topological polar surface area (TPSA) is 42.0 Å². The van der Waals surface area contributed by atoms with Gasteiger partial charge in [0.1, 0.15) is 5.01 Å². The molecule has 180 valence electrons. The van der Waals surface area contributed by atoms with Gasteiger partial charge in [-0.2, -0.15) is 26.3 Å². The summed E-state index contributed by atoms with van der Waals surface area (Å²) in [6, 6.07) is 14.1. The van der Waals surface area contributed by atoms with Crippen LogP contribution in [0.1, 0.15) is 21.5 Å². The van der Waals surface area contributed by atoms with Crippen molar-refractivity contribution in [2.45, 2.75) is 12.4 Å². The van der Waals surface area contributed by atoms with Crippen LogP contribution in [0.4, 0.5) is 32.0 Å². The van der Waals surface area contributed by atoms with E-state index in [4.69, 9.17) is 11.6 Å². The number of anilines is 1. The van der Waals surface area contributed by atoms with Gasteiger partial charge in [-0.25, -0.2) is 4.98 Å². The fourth-order valence-electron chi connectivity index (χ4n) is 3.18. The molecule has 0 aliphatic rings. The molecule has 3 aromatic carbocycles. The summed E-state index contributed by atoms with van der Waals surface area (Å²) in [5.74, 6) is -1.11. The molecule has 4 rings (SSSR count). The second-order valence-electron chi connectivity index (χ2n) is 7.37. The lowest BCUT2D eigenvalue weighted by Gasteiger charge is -2.14. The van der Waals surface area contributed by atoms with Crippen LogP contribution in [-0.4, -0.2) is 10.9 Å². The molecule has 0 fully saturated rings. The first kappa shape index (κ1) is 24.7. The Bertz CT molecular complexity index is 1350. The minimum atomic E-state index is -5.05. The second kappa shape index (κ2) is 9.35. The zero-order chi connectivity index (χ0) is 25.4. The summed E-state index contributed by atoms with van der Waals surface area (Å²) in [7, 11) is 0. The van der Waals surface area contributed by atoms with Crippen LogP contribution in [0, 0.1) is 0 Å². The SMILES string of the molecule is O=C(Nc1cccc(-c2csc(-c3ccc(Cl)cc3)n2)c1)c1cc(C(F)(F)F)cc(C(F)(F)F)c1. The Morgan fingerprint density at radius 3 is 2.06 bits per heavy atom. The maximum Gasteiger partial charge on any atom is 0.416 e.